The van der Waals surface area contributed by atoms with Crippen LogP contribution >= 0.6 is 0 Å². The lowest BCUT2D eigenvalue weighted by Gasteiger charge is -2.11. The Bertz CT molecular complexity index is 889. The van der Waals surface area contributed by atoms with Crippen LogP contribution < -0.4 is 0 Å². The molecule has 4 nitrogen and oxygen atoms in total. The molecule has 0 aliphatic carbocycles. The fourth-order valence-electron chi connectivity index (χ4n) is 1.91. The van der Waals surface area contributed by atoms with E-state index in [2.05, 4.69) is 0 Å². The topological polar surface area (TPSA) is 54.5 Å². The number of benzene rings is 2. The molecule has 0 aliphatic heterocycles. The van der Waals surface area contributed by atoms with Gasteiger partial charge < -0.3 is 0 Å². The monoisotopic (exact) mass is 351 g/mol. The van der Waals surface area contributed by atoms with Crippen LogP contribution in [-0.2, 0) is 10.0 Å². The highest BCUT2D eigenvalue weighted by atomic mass is 32.2. The van der Waals surface area contributed by atoms with E-state index in [0.29, 0.717) is 0 Å². The number of ketones is 1. The molecule has 0 aliphatic rings. The molecule has 2 rings (SSSR count). The zero-order chi connectivity index (χ0) is 17.9. The minimum atomic E-state index is -3.57. The highest BCUT2D eigenvalue weighted by Crippen LogP contribution is 2.16. The molecule has 2 aromatic carbocycles. The Morgan fingerprint density at radius 3 is 2.25 bits per heavy atom. The molecule has 126 valence electrons. The first kappa shape index (κ1) is 18.0. The molecule has 0 aromatic heterocycles. The molecule has 7 heteroatoms. The number of hydrogen-bond donors (Lipinski definition) is 0. The van der Waals surface area contributed by atoms with Crippen molar-refractivity contribution in [1.82, 2.24) is 4.31 Å². The van der Waals surface area contributed by atoms with Gasteiger partial charge in [0, 0.05) is 25.2 Å². The smallest absolute Gasteiger partial charge is 0.242 e. The van der Waals surface area contributed by atoms with Crippen LogP contribution in [0.1, 0.15) is 15.9 Å². The predicted octanol–water partition coefficient (Wildman–Crippen LogP) is 3.11. The molecular formula is C17H15F2NO3S. The van der Waals surface area contributed by atoms with Gasteiger partial charge in [0.15, 0.2) is 5.78 Å². The lowest BCUT2D eigenvalue weighted by Crippen LogP contribution is -2.22. The van der Waals surface area contributed by atoms with Crippen LogP contribution in [0.2, 0.25) is 0 Å². The molecule has 0 radical (unpaired) electrons. The molecule has 2 aromatic rings. The lowest BCUT2D eigenvalue weighted by atomic mass is 10.1. The van der Waals surface area contributed by atoms with E-state index in [-0.39, 0.29) is 16.0 Å². The molecule has 0 unspecified atom stereocenters. The normalized spacial score (nSPS) is 12.0. The third kappa shape index (κ3) is 3.93. The minimum Gasteiger partial charge on any atom is -0.289 e. The Hall–Kier alpha value is -2.38. The van der Waals surface area contributed by atoms with Gasteiger partial charge in [0.25, 0.3) is 0 Å². The molecule has 0 bridgehead atoms. The Balaban J connectivity index is 2.22. The fourth-order valence-corrected chi connectivity index (χ4v) is 2.81. The summed E-state index contributed by atoms with van der Waals surface area (Å²) in [4.78, 5) is 12.1. The molecule has 0 fully saturated rings. The van der Waals surface area contributed by atoms with E-state index in [0.717, 1.165) is 28.6 Å². The maximum Gasteiger partial charge on any atom is 0.242 e. The number of nitrogens with zero attached hydrogens (tertiary/aromatic N) is 1. The van der Waals surface area contributed by atoms with Crippen LogP contribution in [0.3, 0.4) is 0 Å². The van der Waals surface area contributed by atoms with Crippen LogP contribution in [-0.4, -0.2) is 32.6 Å². The molecule has 0 amide bonds. The molecular weight excluding hydrogens is 336 g/mol. The highest BCUT2D eigenvalue weighted by molar-refractivity contribution is 7.89. The zero-order valence-corrected chi connectivity index (χ0v) is 13.8. The Labute approximate surface area is 139 Å². The Morgan fingerprint density at radius 1 is 1.04 bits per heavy atom. The summed E-state index contributed by atoms with van der Waals surface area (Å²) in [5.41, 5.74) is 0.191. The summed E-state index contributed by atoms with van der Waals surface area (Å²) in [5.74, 6) is -1.71. The number of sulfonamides is 1. The standard InChI is InChI=1S/C17H15F2NO3S/c1-20(2)24(22,23)15-7-3-12(4-8-15)17(21)10-5-13-11-14(18)6-9-16(13)19/h3-11H,1-2H3/b10-5+. The Morgan fingerprint density at radius 2 is 1.67 bits per heavy atom. The van der Waals surface area contributed by atoms with Gasteiger partial charge in [-0.25, -0.2) is 21.5 Å². The van der Waals surface area contributed by atoms with E-state index >= 15 is 0 Å². The average molecular weight is 351 g/mol. The summed E-state index contributed by atoms with van der Waals surface area (Å²) in [6.07, 6.45) is 2.28. The first-order chi connectivity index (χ1) is 11.2. The summed E-state index contributed by atoms with van der Waals surface area (Å²) in [6.45, 7) is 0. The number of rotatable bonds is 5. The summed E-state index contributed by atoms with van der Waals surface area (Å²) in [7, 11) is -0.757. The van der Waals surface area contributed by atoms with Gasteiger partial charge in [-0.05, 0) is 54.6 Å². The van der Waals surface area contributed by atoms with Gasteiger partial charge in [-0.1, -0.05) is 0 Å². The molecule has 0 N–H and O–H groups in total. The van der Waals surface area contributed by atoms with Gasteiger partial charge in [-0.15, -0.1) is 0 Å². The second kappa shape index (κ2) is 7.02. The number of allylic oxidation sites excluding steroid dienone is 1. The van der Waals surface area contributed by atoms with Crippen molar-refractivity contribution in [3.63, 3.8) is 0 Å². The lowest BCUT2D eigenvalue weighted by molar-refractivity contribution is 0.104. The van der Waals surface area contributed by atoms with Crippen molar-refractivity contribution in [2.24, 2.45) is 0 Å². The number of halogens is 2. The van der Waals surface area contributed by atoms with E-state index in [9.17, 15) is 22.0 Å². The number of hydrogen-bond acceptors (Lipinski definition) is 3. The van der Waals surface area contributed by atoms with Crippen molar-refractivity contribution in [2.75, 3.05) is 14.1 Å². The van der Waals surface area contributed by atoms with Crippen molar-refractivity contribution in [3.8, 4) is 0 Å². The second-order valence-electron chi connectivity index (χ2n) is 5.18. The number of carbonyl (C=O) groups is 1. The van der Waals surface area contributed by atoms with Crippen LogP contribution in [0.25, 0.3) is 6.08 Å². The van der Waals surface area contributed by atoms with Gasteiger partial charge in [0.05, 0.1) is 4.90 Å². The average Bonchev–Trinajstić information content (AvgIpc) is 2.55. The van der Waals surface area contributed by atoms with Crippen LogP contribution in [0.15, 0.2) is 53.4 Å². The van der Waals surface area contributed by atoms with Crippen LogP contribution in [0.5, 0.6) is 0 Å². The maximum atomic E-state index is 13.5. The summed E-state index contributed by atoms with van der Waals surface area (Å²) in [6, 6.07) is 8.30. The highest BCUT2D eigenvalue weighted by Gasteiger charge is 2.17. The zero-order valence-electron chi connectivity index (χ0n) is 13.0. The molecule has 24 heavy (non-hydrogen) atoms. The molecule has 0 spiro atoms. The largest absolute Gasteiger partial charge is 0.289 e. The van der Waals surface area contributed by atoms with E-state index in [1.54, 1.807) is 0 Å². The predicted molar refractivity (Wildman–Crippen MR) is 87.0 cm³/mol. The number of carbonyl (C=O) groups excluding carboxylic acids is 1. The van der Waals surface area contributed by atoms with Gasteiger partial charge in [-0.3, -0.25) is 4.79 Å². The van der Waals surface area contributed by atoms with E-state index in [1.165, 1.54) is 44.4 Å². The van der Waals surface area contributed by atoms with Gasteiger partial charge >= 0.3 is 0 Å². The summed E-state index contributed by atoms with van der Waals surface area (Å²) >= 11 is 0. The third-order valence-corrected chi connectivity index (χ3v) is 5.12. The Kier molecular flexibility index (Phi) is 5.26. The molecule has 0 atom stereocenters. The van der Waals surface area contributed by atoms with Crippen molar-refractivity contribution in [1.29, 1.82) is 0 Å². The van der Waals surface area contributed by atoms with Crippen molar-refractivity contribution < 1.29 is 22.0 Å². The van der Waals surface area contributed by atoms with Crippen LogP contribution in [0, 0.1) is 11.6 Å². The first-order valence-corrected chi connectivity index (χ1v) is 8.36. The van der Waals surface area contributed by atoms with E-state index < -0.39 is 27.4 Å². The van der Waals surface area contributed by atoms with Crippen molar-refractivity contribution >= 4 is 21.9 Å². The van der Waals surface area contributed by atoms with E-state index in [4.69, 9.17) is 0 Å². The van der Waals surface area contributed by atoms with Gasteiger partial charge in [0.2, 0.25) is 10.0 Å². The molecule has 0 saturated carbocycles. The van der Waals surface area contributed by atoms with Crippen molar-refractivity contribution in [2.45, 2.75) is 4.90 Å². The van der Waals surface area contributed by atoms with Crippen LogP contribution in [0.4, 0.5) is 8.78 Å². The third-order valence-electron chi connectivity index (χ3n) is 3.29. The van der Waals surface area contributed by atoms with Crippen molar-refractivity contribution in [3.05, 3.63) is 71.3 Å². The first-order valence-electron chi connectivity index (χ1n) is 6.92. The fraction of sp³-hybridized carbons (Fsp3) is 0.118. The van der Waals surface area contributed by atoms with Gasteiger partial charge in [-0.2, -0.15) is 0 Å². The molecule has 0 heterocycles. The molecule has 0 saturated heterocycles. The van der Waals surface area contributed by atoms with Gasteiger partial charge in [0.1, 0.15) is 11.6 Å². The quantitative estimate of drug-likeness (QED) is 0.614. The SMILES string of the molecule is CN(C)S(=O)(=O)c1ccc(C(=O)/C=C/c2cc(F)ccc2F)cc1. The second-order valence-corrected chi connectivity index (χ2v) is 7.33. The minimum absolute atomic E-state index is 0.0462. The summed E-state index contributed by atoms with van der Waals surface area (Å²) < 4.78 is 51.5. The van der Waals surface area contributed by atoms with E-state index in [1.807, 2.05) is 0 Å². The maximum absolute atomic E-state index is 13.5. The summed E-state index contributed by atoms with van der Waals surface area (Å²) in [5, 5.41) is 0.